The second-order valence-corrected chi connectivity index (χ2v) is 15.2. The second-order valence-electron chi connectivity index (χ2n) is 15.2. The molecule has 0 aliphatic heterocycles. The molecule has 58 heavy (non-hydrogen) atoms. The number of hydrogen-bond donors (Lipinski definition) is 0. The van der Waals surface area contributed by atoms with Gasteiger partial charge in [0.2, 0.25) is 0 Å². The van der Waals surface area contributed by atoms with E-state index in [2.05, 4.69) is 185 Å². The molecule has 9 aromatic carbocycles. The van der Waals surface area contributed by atoms with Crippen LogP contribution < -0.4 is 0 Å². The van der Waals surface area contributed by atoms with Gasteiger partial charge in [0.05, 0.1) is 27.8 Å². The van der Waals surface area contributed by atoms with E-state index in [1.807, 2.05) is 18.2 Å². The summed E-state index contributed by atoms with van der Waals surface area (Å²) >= 11 is 0. The number of nitrogens with zero attached hydrogens (tertiary/aromatic N) is 2. The zero-order valence-electron chi connectivity index (χ0n) is 31.2. The van der Waals surface area contributed by atoms with Crippen LogP contribution in [0.3, 0.4) is 0 Å². The van der Waals surface area contributed by atoms with Crippen LogP contribution in [0.5, 0.6) is 0 Å². The molecule has 13 aromatic rings. The van der Waals surface area contributed by atoms with Crippen LogP contribution in [0.15, 0.2) is 203 Å². The van der Waals surface area contributed by atoms with E-state index in [4.69, 9.17) is 8.83 Å². The lowest BCUT2D eigenvalue weighted by Crippen LogP contribution is -2.00. The molecular weight excluding hydrogens is 709 g/mol. The van der Waals surface area contributed by atoms with Crippen molar-refractivity contribution in [1.29, 1.82) is 0 Å². The summed E-state index contributed by atoms with van der Waals surface area (Å²) in [5.41, 5.74) is 14.8. The van der Waals surface area contributed by atoms with Gasteiger partial charge in [-0.15, -0.1) is 0 Å². The van der Waals surface area contributed by atoms with Gasteiger partial charge in [-0.25, -0.2) is 0 Å². The van der Waals surface area contributed by atoms with Crippen LogP contribution in [0.25, 0.3) is 121 Å². The zero-order valence-corrected chi connectivity index (χ0v) is 31.2. The smallest absolute Gasteiger partial charge is 0.159 e. The van der Waals surface area contributed by atoms with Crippen molar-refractivity contribution in [3.05, 3.63) is 194 Å². The van der Waals surface area contributed by atoms with Crippen LogP contribution in [0.1, 0.15) is 0 Å². The molecular formula is C54H32N2O2. The van der Waals surface area contributed by atoms with Gasteiger partial charge in [0, 0.05) is 59.9 Å². The summed E-state index contributed by atoms with van der Waals surface area (Å²) in [6, 6.07) is 69.6. The van der Waals surface area contributed by atoms with E-state index in [0.717, 1.165) is 99.6 Å². The summed E-state index contributed by atoms with van der Waals surface area (Å²) in [5, 5.41) is 9.22. The van der Waals surface area contributed by atoms with Crippen molar-refractivity contribution in [3.63, 3.8) is 0 Å². The molecule has 270 valence electrons. The molecule has 4 heteroatoms. The lowest BCUT2D eigenvalue weighted by molar-refractivity contribution is 0.666. The van der Waals surface area contributed by atoms with Crippen LogP contribution in [-0.4, -0.2) is 9.13 Å². The number of hydrogen-bond acceptors (Lipinski definition) is 2. The second kappa shape index (κ2) is 11.8. The first-order valence-electron chi connectivity index (χ1n) is 19.8. The first kappa shape index (κ1) is 31.4. The van der Waals surface area contributed by atoms with Gasteiger partial charge in [-0.3, -0.25) is 0 Å². The molecule has 0 saturated heterocycles. The first-order chi connectivity index (χ1) is 28.8. The summed E-state index contributed by atoms with van der Waals surface area (Å²) in [6.45, 7) is 0. The average molecular weight is 741 g/mol. The number of benzene rings is 9. The Morgan fingerprint density at radius 3 is 1.71 bits per heavy atom. The molecule has 0 radical (unpaired) electrons. The molecule has 0 fully saturated rings. The molecule has 4 aromatic heterocycles. The third-order valence-corrected chi connectivity index (χ3v) is 12.1. The van der Waals surface area contributed by atoms with Crippen LogP contribution >= 0.6 is 0 Å². The fourth-order valence-electron chi connectivity index (χ4n) is 9.69. The summed E-state index contributed by atoms with van der Waals surface area (Å²) in [7, 11) is 0. The normalized spacial score (nSPS) is 12.1. The van der Waals surface area contributed by atoms with E-state index in [1.54, 1.807) is 0 Å². The number of para-hydroxylation sites is 7. The molecule has 0 bridgehead atoms. The molecule has 0 spiro atoms. The van der Waals surface area contributed by atoms with Gasteiger partial charge >= 0.3 is 0 Å². The third-order valence-electron chi connectivity index (χ3n) is 12.1. The van der Waals surface area contributed by atoms with E-state index in [-0.39, 0.29) is 0 Å². The molecule has 13 rings (SSSR count). The summed E-state index contributed by atoms with van der Waals surface area (Å²) in [4.78, 5) is 0. The summed E-state index contributed by atoms with van der Waals surface area (Å²) in [5.74, 6) is 0. The van der Waals surface area contributed by atoms with E-state index < -0.39 is 0 Å². The lowest BCUT2D eigenvalue weighted by atomic mass is 9.90. The molecule has 0 saturated carbocycles. The van der Waals surface area contributed by atoms with E-state index in [1.165, 1.54) is 21.5 Å². The minimum Gasteiger partial charge on any atom is -0.456 e. The van der Waals surface area contributed by atoms with Crippen molar-refractivity contribution in [2.45, 2.75) is 0 Å². The van der Waals surface area contributed by atoms with Crippen molar-refractivity contribution in [2.24, 2.45) is 0 Å². The number of furan rings is 2. The highest BCUT2D eigenvalue weighted by Gasteiger charge is 2.26. The predicted octanol–water partition coefficient (Wildman–Crippen LogP) is 15.0. The quantitative estimate of drug-likeness (QED) is 0.180. The highest BCUT2D eigenvalue weighted by Crippen LogP contribution is 2.48. The van der Waals surface area contributed by atoms with Gasteiger partial charge in [-0.1, -0.05) is 140 Å². The number of rotatable bonds is 4. The standard InChI is InChI=1S/C54H32N2O2/c1-2-14-34(15-3-1)55-45-23-8-4-17-37(45)41-30-29-35(33-28-31-50-44(32-33)39-19-7-10-26-48(39)57-50)51(53(41)55)43-22-12-20-40-36-16-5-9-24-46(36)56(52(40)43)47-25-13-21-42-38-18-6-11-27-49(38)58-54(42)47/h1-32H. The number of fused-ring (bicyclic) bond motifs is 12. The largest absolute Gasteiger partial charge is 0.456 e. The van der Waals surface area contributed by atoms with Gasteiger partial charge in [-0.05, 0) is 65.7 Å². The SMILES string of the molecule is c1ccc(-n2c3ccccc3c3ccc(-c4ccc5oc6ccccc6c5c4)c(-c4cccc5c6ccccc6n(-c6cccc7c6oc6ccccc67)c45)c32)cc1. The van der Waals surface area contributed by atoms with Crippen molar-refractivity contribution in [2.75, 3.05) is 0 Å². The van der Waals surface area contributed by atoms with Gasteiger partial charge in [0.15, 0.2) is 5.58 Å². The van der Waals surface area contributed by atoms with Crippen molar-refractivity contribution in [3.8, 4) is 33.6 Å². The Morgan fingerprint density at radius 1 is 0.328 bits per heavy atom. The molecule has 0 unspecified atom stereocenters. The van der Waals surface area contributed by atoms with Gasteiger partial charge in [-0.2, -0.15) is 0 Å². The maximum Gasteiger partial charge on any atom is 0.159 e. The van der Waals surface area contributed by atoms with Gasteiger partial charge in [0.25, 0.3) is 0 Å². The fraction of sp³-hybridized carbons (Fsp3) is 0. The third kappa shape index (κ3) is 4.29. The highest BCUT2D eigenvalue weighted by molar-refractivity contribution is 6.22. The van der Waals surface area contributed by atoms with Crippen molar-refractivity contribution in [1.82, 2.24) is 9.13 Å². The van der Waals surface area contributed by atoms with Crippen LogP contribution in [0, 0.1) is 0 Å². The predicted molar refractivity (Wildman–Crippen MR) is 241 cm³/mol. The summed E-state index contributed by atoms with van der Waals surface area (Å²) in [6.07, 6.45) is 0. The molecule has 4 heterocycles. The summed E-state index contributed by atoms with van der Waals surface area (Å²) < 4.78 is 18.0. The minimum absolute atomic E-state index is 0.871. The highest BCUT2D eigenvalue weighted by atomic mass is 16.3. The Labute approximate surface area is 332 Å². The van der Waals surface area contributed by atoms with E-state index >= 15 is 0 Å². The maximum absolute atomic E-state index is 6.77. The Morgan fingerprint density at radius 2 is 0.914 bits per heavy atom. The van der Waals surface area contributed by atoms with E-state index in [0.29, 0.717) is 0 Å². The number of aromatic nitrogens is 2. The maximum atomic E-state index is 6.77. The van der Waals surface area contributed by atoms with Crippen LogP contribution in [0.4, 0.5) is 0 Å². The van der Waals surface area contributed by atoms with Crippen LogP contribution in [-0.2, 0) is 0 Å². The topological polar surface area (TPSA) is 36.1 Å². The van der Waals surface area contributed by atoms with Crippen molar-refractivity contribution >= 4 is 87.5 Å². The Hall–Kier alpha value is -7.82. The lowest BCUT2D eigenvalue weighted by Gasteiger charge is -2.18. The Kier molecular flexibility index (Phi) is 6.41. The Bertz CT molecular complexity index is 3800. The molecule has 0 aliphatic carbocycles. The average Bonchev–Trinajstić information content (AvgIpc) is 4.04. The Balaban J connectivity index is 1.23. The van der Waals surface area contributed by atoms with E-state index in [9.17, 15) is 0 Å². The minimum atomic E-state index is 0.871. The monoisotopic (exact) mass is 740 g/mol. The first-order valence-corrected chi connectivity index (χ1v) is 19.8. The van der Waals surface area contributed by atoms with Gasteiger partial charge in [0.1, 0.15) is 16.7 Å². The molecule has 0 atom stereocenters. The zero-order chi connectivity index (χ0) is 37.9. The fourth-order valence-corrected chi connectivity index (χ4v) is 9.69. The molecule has 0 aliphatic rings. The van der Waals surface area contributed by atoms with Crippen molar-refractivity contribution < 1.29 is 8.83 Å². The van der Waals surface area contributed by atoms with Crippen LogP contribution in [0.2, 0.25) is 0 Å². The molecule has 4 nitrogen and oxygen atoms in total. The molecule has 0 amide bonds. The molecule has 0 N–H and O–H groups in total. The van der Waals surface area contributed by atoms with Gasteiger partial charge < -0.3 is 18.0 Å².